The standard InChI is InChI=1S/C19H17FN2O2S/c1-22-17(13-5-3-2-4-6-13)9-21-19(22)25-11-15-8-16(20)7-14-10-23-12-24-18(14)15/h2-9H,10-12H2,1H3. The molecular weight excluding hydrogens is 339 g/mol. The molecule has 0 saturated carbocycles. The van der Waals surface area contributed by atoms with Gasteiger partial charge in [0, 0.05) is 23.9 Å². The van der Waals surface area contributed by atoms with Crippen LogP contribution in [0.4, 0.5) is 4.39 Å². The minimum Gasteiger partial charge on any atom is -0.467 e. The monoisotopic (exact) mass is 356 g/mol. The van der Waals surface area contributed by atoms with Gasteiger partial charge >= 0.3 is 0 Å². The van der Waals surface area contributed by atoms with Crippen LogP contribution in [0.2, 0.25) is 0 Å². The first-order chi connectivity index (χ1) is 12.2. The van der Waals surface area contributed by atoms with Crippen molar-refractivity contribution in [2.24, 2.45) is 7.05 Å². The lowest BCUT2D eigenvalue weighted by Gasteiger charge is -2.20. The third-order valence-electron chi connectivity index (χ3n) is 4.12. The molecule has 0 saturated heterocycles. The maximum Gasteiger partial charge on any atom is 0.189 e. The Morgan fingerprint density at radius 2 is 2.08 bits per heavy atom. The van der Waals surface area contributed by atoms with Gasteiger partial charge in [-0.05, 0) is 17.7 Å². The molecule has 0 radical (unpaired) electrons. The van der Waals surface area contributed by atoms with Crippen LogP contribution >= 0.6 is 11.8 Å². The van der Waals surface area contributed by atoms with Gasteiger partial charge in [0.1, 0.15) is 11.6 Å². The number of thioether (sulfide) groups is 1. The van der Waals surface area contributed by atoms with E-state index in [1.54, 1.807) is 11.8 Å². The fraction of sp³-hybridized carbons (Fsp3) is 0.211. The maximum absolute atomic E-state index is 13.8. The summed E-state index contributed by atoms with van der Waals surface area (Å²) in [4.78, 5) is 4.51. The summed E-state index contributed by atoms with van der Waals surface area (Å²) in [6.07, 6.45) is 1.86. The zero-order chi connectivity index (χ0) is 17.2. The molecule has 0 atom stereocenters. The van der Waals surface area contributed by atoms with Crippen molar-refractivity contribution in [1.82, 2.24) is 9.55 Å². The molecule has 2 heterocycles. The Morgan fingerprint density at radius 3 is 2.92 bits per heavy atom. The zero-order valence-corrected chi connectivity index (χ0v) is 14.6. The van der Waals surface area contributed by atoms with E-state index in [2.05, 4.69) is 21.7 Å². The minimum atomic E-state index is -0.270. The zero-order valence-electron chi connectivity index (χ0n) is 13.7. The van der Waals surface area contributed by atoms with Gasteiger partial charge in [0.2, 0.25) is 0 Å². The van der Waals surface area contributed by atoms with Gasteiger partial charge in [-0.1, -0.05) is 42.1 Å². The highest BCUT2D eigenvalue weighted by Gasteiger charge is 2.18. The number of ether oxygens (including phenoxy) is 2. The molecule has 4 nitrogen and oxygen atoms in total. The molecule has 2 aromatic carbocycles. The number of aromatic nitrogens is 2. The van der Waals surface area contributed by atoms with Crippen LogP contribution in [-0.2, 0) is 24.1 Å². The quantitative estimate of drug-likeness (QED) is 0.650. The number of fused-ring (bicyclic) bond motifs is 1. The molecule has 128 valence electrons. The van der Waals surface area contributed by atoms with Gasteiger partial charge in [-0.3, -0.25) is 0 Å². The summed E-state index contributed by atoms with van der Waals surface area (Å²) in [7, 11) is 1.99. The van der Waals surface area contributed by atoms with Crippen LogP contribution in [0, 0.1) is 5.82 Å². The van der Waals surface area contributed by atoms with E-state index < -0.39 is 0 Å². The molecule has 0 N–H and O–H groups in total. The predicted molar refractivity (Wildman–Crippen MR) is 94.9 cm³/mol. The van der Waals surface area contributed by atoms with Crippen molar-refractivity contribution >= 4 is 11.8 Å². The lowest BCUT2D eigenvalue weighted by Crippen LogP contribution is -2.13. The molecule has 0 bridgehead atoms. The number of imidazole rings is 1. The second-order valence-electron chi connectivity index (χ2n) is 5.80. The molecule has 1 aliphatic heterocycles. The summed E-state index contributed by atoms with van der Waals surface area (Å²) in [5.41, 5.74) is 3.75. The van der Waals surface area contributed by atoms with Crippen molar-refractivity contribution in [3.8, 4) is 17.0 Å². The molecule has 3 aromatic rings. The number of hydrogen-bond donors (Lipinski definition) is 0. The number of hydrogen-bond acceptors (Lipinski definition) is 4. The molecule has 0 amide bonds. The highest BCUT2D eigenvalue weighted by atomic mass is 32.2. The Bertz CT molecular complexity index is 896. The van der Waals surface area contributed by atoms with E-state index in [0.717, 1.165) is 33.3 Å². The van der Waals surface area contributed by atoms with E-state index in [1.807, 2.05) is 31.4 Å². The van der Waals surface area contributed by atoms with Crippen LogP contribution in [0.25, 0.3) is 11.3 Å². The summed E-state index contributed by atoms with van der Waals surface area (Å²) in [6.45, 7) is 0.585. The number of halogens is 1. The highest BCUT2D eigenvalue weighted by molar-refractivity contribution is 7.98. The van der Waals surface area contributed by atoms with Crippen LogP contribution in [-0.4, -0.2) is 16.3 Å². The molecule has 4 rings (SSSR count). The van der Waals surface area contributed by atoms with Gasteiger partial charge in [0.15, 0.2) is 11.9 Å². The average molecular weight is 356 g/mol. The summed E-state index contributed by atoms with van der Waals surface area (Å²) in [5.74, 6) is 1.05. The minimum absolute atomic E-state index is 0.205. The lowest BCUT2D eigenvalue weighted by atomic mass is 10.1. The fourth-order valence-electron chi connectivity index (χ4n) is 2.91. The van der Waals surface area contributed by atoms with Crippen LogP contribution in [0.3, 0.4) is 0 Å². The number of benzene rings is 2. The Morgan fingerprint density at radius 1 is 1.24 bits per heavy atom. The Balaban J connectivity index is 1.57. The Kier molecular flexibility index (Phi) is 4.46. The predicted octanol–water partition coefficient (Wildman–Crippen LogP) is 4.39. The molecule has 1 aromatic heterocycles. The third kappa shape index (κ3) is 3.27. The molecule has 0 aliphatic carbocycles. The van der Waals surface area contributed by atoms with Gasteiger partial charge in [-0.2, -0.15) is 0 Å². The first-order valence-electron chi connectivity index (χ1n) is 7.94. The lowest BCUT2D eigenvalue weighted by molar-refractivity contribution is -0.0171. The molecule has 6 heteroatoms. The number of nitrogens with zero attached hydrogens (tertiary/aromatic N) is 2. The normalized spacial score (nSPS) is 13.4. The molecular formula is C19H17FN2O2S. The average Bonchev–Trinajstić information content (AvgIpc) is 3.01. The van der Waals surface area contributed by atoms with Crippen molar-refractivity contribution in [3.63, 3.8) is 0 Å². The molecule has 1 aliphatic rings. The van der Waals surface area contributed by atoms with Crippen LogP contribution < -0.4 is 4.74 Å². The van der Waals surface area contributed by atoms with Gasteiger partial charge in [-0.25, -0.2) is 9.37 Å². The summed E-state index contributed by atoms with van der Waals surface area (Å²) >= 11 is 1.56. The first-order valence-corrected chi connectivity index (χ1v) is 8.92. The van der Waals surface area contributed by atoms with Crippen molar-refractivity contribution in [3.05, 3.63) is 65.6 Å². The maximum atomic E-state index is 13.8. The SMILES string of the molecule is Cn1c(-c2ccccc2)cnc1SCc1cc(F)cc2c1OCOC2. The second-order valence-corrected chi connectivity index (χ2v) is 6.75. The first kappa shape index (κ1) is 16.2. The second kappa shape index (κ2) is 6.90. The summed E-state index contributed by atoms with van der Waals surface area (Å²) < 4.78 is 26.7. The van der Waals surface area contributed by atoms with Gasteiger partial charge in [0.25, 0.3) is 0 Å². The van der Waals surface area contributed by atoms with E-state index >= 15 is 0 Å². The molecule has 0 unspecified atom stereocenters. The van der Waals surface area contributed by atoms with E-state index in [9.17, 15) is 4.39 Å². The number of rotatable bonds is 4. The van der Waals surface area contributed by atoms with Gasteiger partial charge < -0.3 is 14.0 Å². The van der Waals surface area contributed by atoms with Crippen LogP contribution in [0.15, 0.2) is 53.8 Å². The highest BCUT2D eigenvalue weighted by Crippen LogP contribution is 2.34. The van der Waals surface area contributed by atoms with E-state index in [1.165, 1.54) is 12.1 Å². The fourth-order valence-corrected chi connectivity index (χ4v) is 3.83. The molecule has 0 fully saturated rings. The Labute approximate surface area is 149 Å². The van der Waals surface area contributed by atoms with Crippen molar-refractivity contribution in [2.75, 3.05) is 6.79 Å². The topological polar surface area (TPSA) is 36.3 Å². The van der Waals surface area contributed by atoms with E-state index in [-0.39, 0.29) is 12.6 Å². The van der Waals surface area contributed by atoms with E-state index in [4.69, 9.17) is 9.47 Å². The molecule has 0 spiro atoms. The molecule has 25 heavy (non-hydrogen) atoms. The largest absolute Gasteiger partial charge is 0.467 e. The van der Waals surface area contributed by atoms with Crippen LogP contribution in [0.5, 0.6) is 5.75 Å². The Hall–Kier alpha value is -2.31. The van der Waals surface area contributed by atoms with Gasteiger partial charge in [-0.15, -0.1) is 0 Å². The summed E-state index contributed by atoms with van der Waals surface area (Å²) in [5, 5.41) is 0.879. The van der Waals surface area contributed by atoms with Crippen molar-refractivity contribution in [1.29, 1.82) is 0 Å². The van der Waals surface area contributed by atoms with E-state index in [0.29, 0.717) is 12.4 Å². The van der Waals surface area contributed by atoms with Gasteiger partial charge in [0.05, 0.1) is 18.5 Å². The van der Waals surface area contributed by atoms with Crippen molar-refractivity contribution < 1.29 is 13.9 Å². The van der Waals surface area contributed by atoms with Crippen LogP contribution in [0.1, 0.15) is 11.1 Å². The van der Waals surface area contributed by atoms with Crippen molar-refractivity contribution in [2.45, 2.75) is 17.5 Å². The third-order valence-corrected chi connectivity index (χ3v) is 5.22. The smallest absolute Gasteiger partial charge is 0.189 e. The summed E-state index contributed by atoms with van der Waals surface area (Å²) in [6, 6.07) is 13.1.